The van der Waals surface area contributed by atoms with Crippen molar-refractivity contribution in [3.8, 4) is 0 Å². The molecule has 0 aromatic carbocycles. The minimum absolute atomic E-state index is 0.0162. The van der Waals surface area contributed by atoms with Crippen LogP contribution in [-0.4, -0.2) is 68.5 Å². The number of methoxy groups -OCH3 is 1. The van der Waals surface area contributed by atoms with Crippen LogP contribution in [0.2, 0.25) is 0 Å². The number of nitrogens with zero attached hydrogens (tertiary/aromatic N) is 2. The lowest BCUT2D eigenvalue weighted by Crippen LogP contribution is -2.39. The molecule has 5 heteroatoms. The summed E-state index contributed by atoms with van der Waals surface area (Å²) in [5, 5.41) is -0.462. The summed E-state index contributed by atoms with van der Waals surface area (Å²) >= 11 is 5.80. The SMILES string of the molecule is COCCN(CCCN(C)C)C(=O)C(C)Cl. The van der Waals surface area contributed by atoms with Gasteiger partial charge < -0.3 is 14.5 Å². The van der Waals surface area contributed by atoms with Crippen LogP contribution in [0, 0.1) is 0 Å². The summed E-state index contributed by atoms with van der Waals surface area (Å²) in [4.78, 5) is 15.6. The molecule has 1 atom stereocenters. The number of amides is 1. The van der Waals surface area contributed by atoms with Gasteiger partial charge in [-0.2, -0.15) is 0 Å². The molecular weight excluding hydrogens is 228 g/mol. The van der Waals surface area contributed by atoms with E-state index < -0.39 is 5.38 Å². The fraction of sp³-hybridized carbons (Fsp3) is 0.909. The van der Waals surface area contributed by atoms with Gasteiger partial charge in [0.05, 0.1) is 6.61 Å². The number of carbonyl (C=O) groups is 1. The average molecular weight is 251 g/mol. The molecule has 4 nitrogen and oxygen atoms in total. The zero-order valence-corrected chi connectivity index (χ0v) is 11.5. The fourth-order valence-corrected chi connectivity index (χ4v) is 1.50. The Balaban J connectivity index is 4.04. The fourth-order valence-electron chi connectivity index (χ4n) is 1.36. The monoisotopic (exact) mass is 250 g/mol. The van der Waals surface area contributed by atoms with Crippen LogP contribution in [0.15, 0.2) is 0 Å². The van der Waals surface area contributed by atoms with Crippen LogP contribution in [-0.2, 0) is 9.53 Å². The van der Waals surface area contributed by atoms with Crippen LogP contribution in [0.1, 0.15) is 13.3 Å². The standard InChI is InChI=1S/C11H23ClN2O2/c1-10(12)11(15)14(8-9-16-4)7-5-6-13(2)3/h10H,5-9H2,1-4H3. The van der Waals surface area contributed by atoms with Crippen molar-refractivity contribution in [3.05, 3.63) is 0 Å². The van der Waals surface area contributed by atoms with Gasteiger partial charge in [-0.3, -0.25) is 4.79 Å². The van der Waals surface area contributed by atoms with E-state index >= 15 is 0 Å². The third-order valence-corrected chi connectivity index (χ3v) is 2.44. The summed E-state index contributed by atoms with van der Waals surface area (Å²) in [5.74, 6) is -0.0162. The highest BCUT2D eigenvalue weighted by molar-refractivity contribution is 6.30. The molecule has 0 aromatic rings. The molecular formula is C11H23ClN2O2. The second kappa shape index (κ2) is 8.79. The molecule has 0 radical (unpaired) electrons. The Morgan fingerprint density at radius 1 is 1.31 bits per heavy atom. The van der Waals surface area contributed by atoms with Crippen LogP contribution >= 0.6 is 11.6 Å². The Morgan fingerprint density at radius 2 is 1.94 bits per heavy atom. The summed E-state index contributed by atoms with van der Waals surface area (Å²) in [6.45, 7) is 4.57. The van der Waals surface area contributed by atoms with Gasteiger partial charge in [0.1, 0.15) is 5.38 Å². The Hall–Kier alpha value is -0.320. The summed E-state index contributed by atoms with van der Waals surface area (Å²) in [6, 6.07) is 0. The molecule has 0 aliphatic rings. The molecule has 0 saturated carbocycles. The van der Waals surface area contributed by atoms with E-state index in [1.165, 1.54) is 0 Å². The van der Waals surface area contributed by atoms with Crippen molar-refractivity contribution in [2.24, 2.45) is 0 Å². The van der Waals surface area contributed by atoms with Gasteiger partial charge in [-0.25, -0.2) is 0 Å². The lowest BCUT2D eigenvalue weighted by atomic mass is 10.3. The predicted molar refractivity (Wildman–Crippen MR) is 66.9 cm³/mol. The number of carbonyl (C=O) groups excluding carboxylic acids is 1. The molecule has 1 unspecified atom stereocenters. The van der Waals surface area contributed by atoms with E-state index in [0.29, 0.717) is 13.2 Å². The van der Waals surface area contributed by atoms with Gasteiger partial charge in [0.2, 0.25) is 5.91 Å². The van der Waals surface area contributed by atoms with E-state index in [0.717, 1.165) is 19.5 Å². The molecule has 0 saturated heterocycles. The van der Waals surface area contributed by atoms with Gasteiger partial charge in [0.25, 0.3) is 0 Å². The second-order valence-corrected chi connectivity index (χ2v) is 4.75. The maximum absolute atomic E-state index is 11.7. The van der Waals surface area contributed by atoms with Gasteiger partial charge in [-0.1, -0.05) is 0 Å². The molecule has 1 amide bonds. The van der Waals surface area contributed by atoms with Gasteiger partial charge in [0, 0.05) is 20.2 Å². The highest BCUT2D eigenvalue weighted by atomic mass is 35.5. The zero-order chi connectivity index (χ0) is 12.6. The average Bonchev–Trinajstić information content (AvgIpc) is 2.21. The maximum atomic E-state index is 11.7. The van der Waals surface area contributed by atoms with Crippen LogP contribution < -0.4 is 0 Å². The Morgan fingerprint density at radius 3 is 2.38 bits per heavy atom. The molecule has 0 rings (SSSR count). The first kappa shape index (κ1) is 15.7. The smallest absolute Gasteiger partial charge is 0.240 e. The van der Waals surface area contributed by atoms with Crippen molar-refractivity contribution in [1.29, 1.82) is 0 Å². The zero-order valence-electron chi connectivity index (χ0n) is 10.7. The highest BCUT2D eigenvalue weighted by Crippen LogP contribution is 2.03. The predicted octanol–water partition coefficient (Wildman–Crippen LogP) is 1.04. The van der Waals surface area contributed by atoms with E-state index in [-0.39, 0.29) is 5.91 Å². The van der Waals surface area contributed by atoms with E-state index in [9.17, 15) is 4.79 Å². The van der Waals surface area contributed by atoms with Crippen LogP contribution in [0.3, 0.4) is 0 Å². The lowest BCUT2D eigenvalue weighted by molar-refractivity contribution is -0.131. The minimum atomic E-state index is -0.462. The number of hydrogen-bond donors (Lipinski definition) is 0. The molecule has 0 aromatic heterocycles. The second-order valence-electron chi connectivity index (χ2n) is 4.09. The van der Waals surface area contributed by atoms with Crippen molar-refractivity contribution in [1.82, 2.24) is 9.80 Å². The topological polar surface area (TPSA) is 32.8 Å². The number of alkyl halides is 1. The Kier molecular flexibility index (Phi) is 8.61. The molecule has 0 fully saturated rings. The number of ether oxygens (including phenoxy) is 1. The quantitative estimate of drug-likeness (QED) is 0.604. The summed E-state index contributed by atoms with van der Waals surface area (Å²) < 4.78 is 4.98. The highest BCUT2D eigenvalue weighted by Gasteiger charge is 2.17. The maximum Gasteiger partial charge on any atom is 0.240 e. The number of halogens is 1. The number of hydrogen-bond acceptors (Lipinski definition) is 3. The molecule has 0 aliphatic carbocycles. The summed E-state index contributed by atoms with van der Waals surface area (Å²) in [5.41, 5.74) is 0. The van der Waals surface area contributed by atoms with Crippen molar-refractivity contribution in [2.75, 3.05) is 47.4 Å². The minimum Gasteiger partial charge on any atom is -0.383 e. The normalized spacial score (nSPS) is 12.9. The van der Waals surface area contributed by atoms with E-state index in [1.54, 1.807) is 18.9 Å². The Bertz CT molecular complexity index is 198. The van der Waals surface area contributed by atoms with E-state index in [4.69, 9.17) is 16.3 Å². The van der Waals surface area contributed by atoms with Gasteiger partial charge in [-0.15, -0.1) is 11.6 Å². The Labute approximate surface area is 103 Å². The first-order valence-electron chi connectivity index (χ1n) is 5.55. The molecule has 0 N–H and O–H groups in total. The first-order valence-corrected chi connectivity index (χ1v) is 5.99. The molecule has 0 spiro atoms. The molecule has 0 heterocycles. The van der Waals surface area contributed by atoms with Crippen molar-refractivity contribution in [3.63, 3.8) is 0 Å². The molecule has 0 bridgehead atoms. The summed E-state index contributed by atoms with van der Waals surface area (Å²) in [7, 11) is 5.67. The number of rotatable bonds is 8. The van der Waals surface area contributed by atoms with Crippen molar-refractivity contribution in [2.45, 2.75) is 18.7 Å². The van der Waals surface area contributed by atoms with Crippen LogP contribution in [0.4, 0.5) is 0 Å². The third-order valence-electron chi connectivity index (χ3n) is 2.25. The first-order chi connectivity index (χ1) is 7.49. The van der Waals surface area contributed by atoms with Crippen LogP contribution in [0.25, 0.3) is 0 Å². The molecule has 0 aliphatic heterocycles. The van der Waals surface area contributed by atoms with E-state index in [1.807, 2.05) is 14.1 Å². The largest absolute Gasteiger partial charge is 0.383 e. The van der Waals surface area contributed by atoms with Crippen LogP contribution in [0.5, 0.6) is 0 Å². The van der Waals surface area contributed by atoms with Crippen molar-refractivity contribution < 1.29 is 9.53 Å². The third kappa shape index (κ3) is 7.04. The van der Waals surface area contributed by atoms with Crippen molar-refractivity contribution >= 4 is 17.5 Å². The van der Waals surface area contributed by atoms with Gasteiger partial charge >= 0.3 is 0 Å². The molecule has 96 valence electrons. The summed E-state index contributed by atoms with van der Waals surface area (Å²) in [6.07, 6.45) is 0.950. The van der Waals surface area contributed by atoms with E-state index in [2.05, 4.69) is 4.90 Å². The van der Waals surface area contributed by atoms with Gasteiger partial charge in [-0.05, 0) is 34.0 Å². The van der Waals surface area contributed by atoms with Gasteiger partial charge in [0.15, 0.2) is 0 Å². The lowest BCUT2D eigenvalue weighted by Gasteiger charge is -2.24. The molecule has 16 heavy (non-hydrogen) atoms.